The van der Waals surface area contributed by atoms with Crippen LogP contribution in [0.15, 0.2) is 36.5 Å². The van der Waals surface area contributed by atoms with E-state index < -0.39 is 0 Å². The summed E-state index contributed by atoms with van der Waals surface area (Å²) in [4.78, 5) is 11.2. The highest BCUT2D eigenvalue weighted by Crippen LogP contribution is 2.22. The van der Waals surface area contributed by atoms with Crippen molar-refractivity contribution in [3.63, 3.8) is 0 Å². The molecular formula is C17H21N3O2. The molecule has 1 aliphatic heterocycles. The smallest absolute Gasteiger partial charge is 0.240 e. The van der Waals surface area contributed by atoms with Gasteiger partial charge in [-0.3, -0.25) is 4.90 Å². The fourth-order valence-corrected chi connectivity index (χ4v) is 2.44. The molecular weight excluding hydrogens is 278 g/mol. The minimum absolute atomic E-state index is 0.0766. The number of rotatable bonds is 4. The molecule has 2 heterocycles. The molecule has 0 saturated carbocycles. The summed E-state index contributed by atoms with van der Waals surface area (Å²) in [6.07, 6.45) is 1.75. The van der Waals surface area contributed by atoms with E-state index in [1.807, 2.05) is 19.9 Å². The summed E-state index contributed by atoms with van der Waals surface area (Å²) in [5.74, 6) is 1.11. The molecule has 5 nitrogen and oxygen atoms in total. The van der Waals surface area contributed by atoms with E-state index in [0.717, 1.165) is 25.3 Å². The van der Waals surface area contributed by atoms with Crippen molar-refractivity contribution in [3.8, 4) is 11.8 Å². The van der Waals surface area contributed by atoms with Crippen LogP contribution in [0.3, 0.4) is 0 Å². The van der Waals surface area contributed by atoms with Gasteiger partial charge >= 0.3 is 0 Å². The zero-order valence-corrected chi connectivity index (χ0v) is 13.0. The minimum Gasteiger partial charge on any atom is -0.475 e. The van der Waals surface area contributed by atoms with Crippen LogP contribution in [0.2, 0.25) is 0 Å². The van der Waals surface area contributed by atoms with Crippen molar-refractivity contribution >= 4 is 0 Å². The Balaban J connectivity index is 1.73. The standard InChI is InChI=1S/C17H21N3O2/c1-13(2)22-16-10-18-15-12-20(8-9-21-17(15)19-16)11-14-6-4-3-5-7-14/h3-7,10,13H,8-9,11-12H2,1-2H3. The summed E-state index contributed by atoms with van der Waals surface area (Å²) >= 11 is 0. The van der Waals surface area contributed by atoms with E-state index in [1.165, 1.54) is 5.56 Å². The van der Waals surface area contributed by atoms with Gasteiger partial charge in [0.15, 0.2) is 0 Å². The van der Waals surface area contributed by atoms with Gasteiger partial charge in [0.1, 0.15) is 12.3 Å². The lowest BCUT2D eigenvalue weighted by atomic mass is 10.2. The van der Waals surface area contributed by atoms with E-state index >= 15 is 0 Å². The lowest BCUT2D eigenvalue weighted by molar-refractivity contribution is 0.212. The van der Waals surface area contributed by atoms with Crippen molar-refractivity contribution in [2.24, 2.45) is 0 Å². The van der Waals surface area contributed by atoms with E-state index in [0.29, 0.717) is 18.4 Å². The molecule has 0 amide bonds. The molecule has 1 aliphatic rings. The van der Waals surface area contributed by atoms with Gasteiger partial charge in [0.05, 0.1) is 12.3 Å². The second-order valence-corrected chi connectivity index (χ2v) is 5.67. The normalized spacial score (nSPS) is 15.0. The van der Waals surface area contributed by atoms with E-state index in [9.17, 15) is 0 Å². The summed E-state index contributed by atoms with van der Waals surface area (Å²) in [5, 5.41) is 0. The van der Waals surface area contributed by atoms with Gasteiger partial charge < -0.3 is 9.47 Å². The van der Waals surface area contributed by atoms with Gasteiger partial charge in [0, 0.05) is 19.6 Å². The van der Waals surface area contributed by atoms with E-state index in [4.69, 9.17) is 9.47 Å². The highest BCUT2D eigenvalue weighted by Gasteiger charge is 2.19. The molecule has 0 N–H and O–H groups in total. The average molecular weight is 299 g/mol. The molecule has 5 heteroatoms. The summed E-state index contributed by atoms with van der Waals surface area (Å²) in [6, 6.07) is 10.4. The summed E-state index contributed by atoms with van der Waals surface area (Å²) in [5.41, 5.74) is 2.16. The van der Waals surface area contributed by atoms with Gasteiger partial charge in [0.25, 0.3) is 0 Å². The fraction of sp³-hybridized carbons (Fsp3) is 0.412. The maximum Gasteiger partial charge on any atom is 0.240 e. The number of nitrogens with zero attached hydrogens (tertiary/aromatic N) is 3. The molecule has 0 atom stereocenters. The highest BCUT2D eigenvalue weighted by molar-refractivity contribution is 5.24. The summed E-state index contributed by atoms with van der Waals surface area (Å²) < 4.78 is 11.3. The van der Waals surface area contributed by atoms with Crippen molar-refractivity contribution in [2.45, 2.75) is 33.0 Å². The third-order valence-electron chi connectivity index (χ3n) is 3.41. The maximum absolute atomic E-state index is 5.74. The molecule has 3 rings (SSSR count). The summed E-state index contributed by atoms with van der Waals surface area (Å²) in [7, 11) is 0. The van der Waals surface area contributed by atoms with Crippen LogP contribution in [0.4, 0.5) is 0 Å². The minimum atomic E-state index is 0.0766. The Labute approximate surface area is 130 Å². The van der Waals surface area contributed by atoms with Gasteiger partial charge in [-0.2, -0.15) is 4.98 Å². The molecule has 22 heavy (non-hydrogen) atoms. The lowest BCUT2D eigenvalue weighted by Gasteiger charge is -2.18. The second kappa shape index (κ2) is 6.75. The number of hydrogen-bond acceptors (Lipinski definition) is 5. The Hall–Kier alpha value is -2.14. The van der Waals surface area contributed by atoms with Crippen molar-refractivity contribution in [1.82, 2.24) is 14.9 Å². The second-order valence-electron chi connectivity index (χ2n) is 5.67. The molecule has 0 radical (unpaired) electrons. The van der Waals surface area contributed by atoms with Crippen molar-refractivity contribution in [1.29, 1.82) is 0 Å². The summed E-state index contributed by atoms with van der Waals surface area (Å²) in [6.45, 7) is 7.02. The van der Waals surface area contributed by atoms with Crippen LogP contribution in [-0.2, 0) is 13.1 Å². The maximum atomic E-state index is 5.74. The first-order valence-corrected chi connectivity index (χ1v) is 7.62. The van der Waals surface area contributed by atoms with Crippen molar-refractivity contribution in [3.05, 3.63) is 47.8 Å². The van der Waals surface area contributed by atoms with Gasteiger partial charge in [-0.25, -0.2) is 4.98 Å². The average Bonchev–Trinajstić information content (AvgIpc) is 2.69. The zero-order valence-electron chi connectivity index (χ0n) is 13.0. The van der Waals surface area contributed by atoms with Crippen molar-refractivity contribution < 1.29 is 9.47 Å². The molecule has 2 aromatic rings. The monoisotopic (exact) mass is 299 g/mol. The number of benzene rings is 1. The fourth-order valence-electron chi connectivity index (χ4n) is 2.44. The van der Waals surface area contributed by atoms with Crippen LogP contribution in [0.25, 0.3) is 0 Å². The number of ether oxygens (including phenoxy) is 2. The first-order chi connectivity index (χ1) is 10.7. The Bertz CT molecular complexity index is 617. The Morgan fingerprint density at radius 3 is 2.86 bits per heavy atom. The predicted molar refractivity (Wildman–Crippen MR) is 83.8 cm³/mol. The molecule has 0 aliphatic carbocycles. The molecule has 0 spiro atoms. The van der Waals surface area contributed by atoms with Crippen LogP contribution in [0.1, 0.15) is 25.1 Å². The third-order valence-corrected chi connectivity index (χ3v) is 3.41. The van der Waals surface area contributed by atoms with Crippen LogP contribution in [0, 0.1) is 0 Å². The molecule has 0 fully saturated rings. The molecule has 0 bridgehead atoms. The molecule has 116 valence electrons. The van der Waals surface area contributed by atoms with E-state index in [2.05, 4.69) is 39.1 Å². The first-order valence-electron chi connectivity index (χ1n) is 7.62. The molecule has 1 aromatic heterocycles. The van der Waals surface area contributed by atoms with Gasteiger partial charge in [-0.15, -0.1) is 0 Å². The van der Waals surface area contributed by atoms with E-state index in [1.54, 1.807) is 6.20 Å². The largest absolute Gasteiger partial charge is 0.475 e. The van der Waals surface area contributed by atoms with Crippen molar-refractivity contribution in [2.75, 3.05) is 13.2 Å². The molecule has 0 saturated heterocycles. The Kier molecular flexibility index (Phi) is 4.53. The lowest BCUT2D eigenvalue weighted by Crippen LogP contribution is -2.25. The molecule has 1 aromatic carbocycles. The van der Waals surface area contributed by atoms with Crippen LogP contribution < -0.4 is 9.47 Å². The number of fused-ring (bicyclic) bond motifs is 1. The van der Waals surface area contributed by atoms with Crippen LogP contribution >= 0.6 is 0 Å². The molecule has 0 unspecified atom stereocenters. The Morgan fingerprint density at radius 1 is 1.27 bits per heavy atom. The first kappa shape index (κ1) is 14.8. The quantitative estimate of drug-likeness (QED) is 0.868. The van der Waals surface area contributed by atoms with Gasteiger partial charge in [-0.1, -0.05) is 30.3 Å². The zero-order chi connectivity index (χ0) is 15.4. The van der Waals surface area contributed by atoms with Gasteiger partial charge in [-0.05, 0) is 19.4 Å². The third kappa shape index (κ3) is 3.74. The van der Waals surface area contributed by atoms with Gasteiger partial charge in [0.2, 0.25) is 11.8 Å². The predicted octanol–water partition coefficient (Wildman–Crippen LogP) is 2.66. The topological polar surface area (TPSA) is 47.5 Å². The SMILES string of the molecule is CC(C)Oc1cnc2c(n1)OCCN(Cc1ccccc1)C2. The number of hydrogen-bond donors (Lipinski definition) is 0. The van der Waals surface area contributed by atoms with Crippen LogP contribution in [-0.4, -0.2) is 34.1 Å². The highest BCUT2D eigenvalue weighted by atomic mass is 16.5. The van der Waals surface area contributed by atoms with Crippen LogP contribution in [0.5, 0.6) is 11.8 Å². The Morgan fingerprint density at radius 2 is 2.09 bits per heavy atom. The number of aromatic nitrogens is 2. The van der Waals surface area contributed by atoms with E-state index in [-0.39, 0.29) is 6.10 Å².